The first-order chi connectivity index (χ1) is 15.0. The van der Waals surface area contributed by atoms with Crippen molar-refractivity contribution in [3.8, 4) is 11.3 Å². The summed E-state index contributed by atoms with van der Waals surface area (Å²) in [5.74, 6) is 1.80. The number of aromatic nitrogens is 2. The molecule has 0 aliphatic heterocycles. The molecule has 1 fully saturated rings. The first kappa shape index (κ1) is 21.5. The Morgan fingerprint density at radius 2 is 1.87 bits per heavy atom. The number of hydrogen-bond acceptors (Lipinski definition) is 5. The molecule has 5 nitrogen and oxygen atoms in total. The van der Waals surface area contributed by atoms with Gasteiger partial charge in [-0.2, -0.15) is 0 Å². The highest BCUT2D eigenvalue weighted by Crippen LogP contribution is 2.44. The number of halogens is 2. The quantitative estimate of drug-likeness (QED) is 0.480. The molecule has 5 N–H and O–H groups in total. The summed E-state index contributed by atoms with van der Waals surface area (Å²) in [6.45, 7) is 1.19. The molecule has 0 saturated heterocycles. The van der Waals surface area contributed by atoms with Crippen LogP contribution in [0.5, 0.6) is 0 Å². The van der Waals surface area contributed by atoms with Crippen molar-refractivity contribution in [2.24, 2.45) is 11.7 Å². The lowest BCUT2D eigenvalue weighted by molar-refractivity contribution is 0.333. The Morgan fingerprint density at radius 1 is 1.10 bits per heavy atom. The van der Waals surface area contributed by atoms with Crippen molar-refractivity contribution in [1.82, 2.24) is 9.97 Å². The zero-order valence-electron chi connectivity index (χ0n) is 17.3. The topological polar surface area (TPSA) is 89.9 Å². The van der Waals surface area contributed by atoms with Gasteiger partial charge in [-0.1, -0.05) is 29.8 Å². The molecule has 0 bridgehead atoms. The Hall–Kier alpha value is -2.70. The summed E-state index contributed by atoms with van der Waals surface area (Å²) < 4.78 is 13.4. The third-order valence-corrected chi connectivity index (χ3v) is 6.34. The molecule has 0 atom stereocenters. The van der Waals surface area contributed by atoms with Crippen molar-refractivity contribution >= 4 is 23.2 Å². The number of anilines is 2. The van der Waals surface area contributed by atoms with Crippen LogP contribution in [0.4, 0.5) is 16.0 Å². The van der Waals surface area contributed by atoms with Crippen molar-refractivity contribution in [3.05, 3.63) is 70.6 Å². The van der Waals surface area contributed by atoms with Crippen LogP contribution in [-0.2, 0) is 6.54 Å². The highest BCUT2D eigenvalue weighted by Gasteiger charge is 2.27. The van der Waals surface area contributed by atoms with E-state index in [4.69, 9.17) is 28.1 Å². The number of rotatable bonds is 6. The molecular formula is C24H27ClFN5. The second kappa shape index (κ2) is 9.62. The van der Waals surface area contributed by atoms with Gasteiger partial charge in [0, 0.05) is 23.9 Å². The first-order valence-electron chi connectivity index (χ1n) is 10.6. The summed E-state index contributed by atoms with van der Waals surface area (Å²) in [5.41, 5.74) is 15.6. The van der Waals surface area contributed by atoms with Crippen LogP contribution in [0.25, 0.3) is 11.3 Å². The van der Waals surface area contributed by atoms with Gasteiger partial charge in [-0.3, -0.25) is 0 Å². The number of nitrogens with zero attached hydrogens (tertiary/aromatic N) is 2. The van der Waals surface area contributed by atoms with Gasteiger partial charge in [0.25, 0.3) is 0 Å². The van der Waals surface area contributed by atoms with Crippen molar-refractivity contribution in [1.29, 1.82) is 0 Å². The van der Waals surface area contributed by atoms with Gasteiger partial charge in [0.05, 0.1) is 10.7 Å². The van der Waals surface area contributed by atoms with Crippen molar-refractivity contribution in [3.63, 3.8) is 0 Å². The van der Waals surface area contributed by atoms with Crippen LogP contribution in [0.3, 0.4) is 0 Å². The molecule has 0 amide bonds. The molecular weight excluding hydrogens is 413 g/mol. The van der Waals surface area contributed by atoms with E-state index in [2.05, 4.69) is 10.3 Å². The minimum absolute atomic E-state index is 0.256. The maximum absolute atomic E-state index is 13.4. The maximum atomic E-state index is 13.4. The monoisotopic (exact) mass is 439 g/mol. The Labute approximate surface area is 187 Å². The lowest BCUT2D eigenvalue weighted by atomic mass is 9.77. The minimum Gasteiger partial charge on any atom is -0.383 e. The molecule has 1 aliphatic carbocycles. The van der Waals surface area contributed by atoms with Gasteiger partial charge < -0.3 is 16.8 Å². The normalized spacial score (nSPS) is 18.7. The molecule has 4 rings (SSSR count). The summed E-state index contributed by atoms with van der Waals surface area (Å²) in [4.78, 5) is 9.10. The molecule has 0 radical (unpaired) electrons. The molecule has 3 aromatic rings. The van der Waals surface area contributed by atoms with E-state index in [9.17, 15) is 4.39 Å². The molecule has 31 heavy (non-hydrogen) atoms. The highest BCUT2D eigenvalue weighted by atomic mass is 35.5. The predicted molar refractivity (Wildman–Crippen MR) is 124 cm³/mol. The molecule has 162 valence electrons. The molecule has 0 spiro atoms. The summed E-state index contributed by atoms with van der Waals surface area (Å²) in [5, 5.41) is 3.80. The predicted octanol–water partition coefficient (Wildman–Crippen LogP) is 5.36. The van der Waals surface area contributed by atoms with Crippen LogP contribution >= 0.6 is 11.6 Å². The second-order valence-electron chi connectivity index (χ2n) is 8.12. The number of nitrogens with one attached hydrogen (secondary N) is 1. The van der Waals surface area contributed by atoms with Gasteiger partial charge in [0.2, 0.25) is 0 Å². The Morgan fingerprint density at radius 3 is 2.61 bits per heavy atom. The van der Waals surface area contributed by atoms with Crippen LogP contribution in [0, 0.1) is 11.7 Å². The maximum Gasteiger partial charge on any atom is 0.127 e. The van der Waals surface area contributed by atoms with E-state index in [0.717, 1.165) is 54.6 Å². The van der Waals surface area contributed by atoms with E-state index in [-0.39, 0.29) is 11.7 Å². The van der Waals surface area contributed by atoms with Gasteiger partial charge in [0.15, 0.2) is 0 Å². The highest BCUT2D eigenvalue weighted by molar-refractivity contribution is 6.33. The van der Waals surface area contributed by atoms with E-state index in [1.54, 1.807) is 12.3 Å². The zero-order valence-corrected chi connectivity index (χ0v) is 18.1. The average Bonchev–Trinajstić information content (AvgIpc) is 2.79. The summed E-state index contributed by atoms with van der Waals surface area (Å²) in [7, 11) is 0. The first-order valence-corrected chi connectivity index (χ1v) is 11.0. The second-order valence-corrected chi connectivity index (χ2v) is 8.53. The van der Waals surface area contributed by atoms with E-state index in [1.165, 1.54) is 12.1 Å². The van der Waals surface area contributed by atoms with Crippen LogP contribution in [0.2, 0.25) is 5.02 Å². The number of nitrogens with two attached hydrogens (primary N) is 2. The Kier molecular flexibility index (Phi) is 6.68. The Balaban J connectivity index is 1.62. The lowest BCUT2D eigenvalue weighted by Gasteiger charge is -2.30. The molecule has 2 aromatic heterocycles. The average molecular weight is 440 g/mol. The van der Waals surface area contributed by atoms with Crippen molar-refractivity contribution in [2.75, 3.05) is 17.6 Å². The number of nitrogen functional groups attached to an aromatic ring is 1. The third kappa shape index (κ3) is 4.97. The number of benzene rings is 1. The van der Waals surface area contributed by atoms with Crippen LogP contribution < -0.4 is 16.8 Å². The smallest absolute Gasteiger partial charge is 0.127 e. The lowest BCUT2D eigenvalue weighted by Crippen LogP contribution is -2.21. The molecule has 7 heteroatoms. The summed E-state index contributed by atoms with van der Waals surface area (Å²) in [6, 6.07) is 12.3. The number of hydrogen-bond donors (Lipinski definition) is 3. The van der Waals surface area contributed by atoms with E-state index in [1.807, 2.05) is 24.3 Å². The van der Waals surface area contributed by atoms with Crippen LogP contribution in [-0.4, -0.2) is 16.5 Å². The fourth-order valence-corrected chi connectivity index (χ4v) is 4.64. The molecule has 1 aromatic carbocycles. The fourth-order valence-electron chi connectivity index (χ4n) is 4.39. The zero-order chi connectivity index (χ0) is 21.8. The standard InChI is InChI=1S/C24H27ClFN5/c25-19-14-30-24(28)22(17-9-7-15(12-27)8-10-17)23(19)20-5-2-6-21(31-20)29-13-16-3-1-4-18(26)11-16/h1-6,11,14-15,17H,7-10,12-13,27H2,(H2,28,30)(H,29,31). The molecule has 0 unspecified atom stereocenters. The van der Waals surface area contributed by atoms with Crippen molar-refractivity contribution in [2.45, 2.75) is 38.1 Å². The summed E-state index contributed by atoms with van der Waals surface area (Å²) in [6.07, 6.45) is 5.78. The van der Waals surface area contributed by atoms with Crippen molar-refractivity contribution < 1.29 is 4.39 Å². The molecule has 1 aliphatic rings. The van der Waals surface area contributed by atoms with Crippen LogP contribution in [0.15, 0.2) is 48.7 Å². The fraction of sp³-hybridized carbons (Fsp3) is 0.333. The minimum atomic E-state index is -0.256. The summed E-state index contributed by atoms with van der Waals surface area (Å²) >= 11 is 6.61. The van der Waals surface area contributed by atoms with Gasteiger partial charge in [0.1, 0.15) is 17.5 Å². The third-order valence-electron chi connectivity index (χ3n) is 6.06. The van der Waals surface area contributed by atoms with E-state index < -0.39 is 0 Å². The molecule has 1 saturated carbocycles. The van der Waals surface area contributed by atoms with Crippen LogP contribution in [0.1, 0.15) is 42.7 Å². The number of pyridine rings is 2. The molecule has 2 heterocycles. The van der Waals surface area contributed by atoms with E-state index >= 15 is 0 Å². The largest absolute Gasteiger partial charge is 0.383 e. The van der Waals surface area contributed by atoms with Gasteiger partial charge in [-0.05, 0) is 73.9 Å². The van der Waals surface area contributed by atoms with Gasteiger partial charge >= 0.3 is 0 Å². The van der Waals surface area contributed by atoms with Gasteiger partial charge in [-0.25, -0.2) is 14.4 Å². The SMILES string of the molecule is NCC1CCC(c2c(N)ncc(Cl)c2-c2cccc(NCc3cccc(F)c3)n2)CC1. The van der Waals surface area contributed by atoms with Gasteiger partial charge in [-0.15, -0.1) is 0 Å². The van der Waals surface area contributed by atoms with E-state index in [0.29, 0.717) is 29.1 Å². The Bertz CT molecular complexity index is 1050.